The van der Waals surface area contributed by atoms with Gasteiger partial charge in [-0.25, -0.2) is 0 Å². The first-order chi connectivity index (χ1) is 14.8. The molecule has 2 nitrogen and oxygen atoms in total. The summed E-state index contributed by atoms with van der Waals surface area (Å²) < 4.78 is 12.1. The Balaban J connectivity index is 1.43. The monoisotopic (exact) mass is 394 g/mol. The third-order valence-electron chi connectivity index (χ3n) is 5.04. The van der Waals surface area contributed by atoms with Gasteiger partial charge in [-0.15, -0.1) is 0 Å². The van der Waals surface area contributed by atoms with E-state index in [2.05, 4.69) is 60.7 Å². The van der Waals surface area contributed by atoms with Gasteiger partial charge in [-0.3, -0.25) is 0 Å². The van der Waals surface area contributed by atoms with E-state index in [1.165, 1.54) is 16.3 Å². The average molecular weight is 395 g/mol. The molecule has 4 aromatic carbocycles. The standard InChI is InChI=1S/C28H26O2/c1-2-8-25-15-16-27(30-21-23-9-4-3-5-10-23)20-28(25)29-18-17-22-13-14-24-11-6-7-12-26(24)19-22/h2-16,19-20H,17-18,21H2,1H3/b8-2+. The summed E-state index contributed by atoms with van der Waals surface area (Å²) in [6, 6.07) is 31.2. The van der Waals surface area contributed by atoms with E-state index < -0.39 is 0 Å². The quantitative estimate of drug-likeness (QED) is 0.318. The van der Waals surface area contributed by atoms with Crippen LogP contribution < -0.4 is 9.47 Å². The zero-order valence-electron chi connectivity index (χ0n) is 17.3. The van der Waals surface area contributed by atoms with Crippen molar-refractivity contribution in [2.24, 2.45) is 0 Å². The maximum atomic E-state index is 6.17. The minimum absolute atomic E-state index is 0.542. The van der Waals surface area contributed by atoms with Gasteiger partial charge in [-0.05, 0) is 41.0 Å². The molecule has 0 atom stereocenters. The molecule has 0 radical (unpaired) electrons. The highest BCUT2D eigenvalue weighted by Gasteiger charge is 2.06. The van der Waals surface area contributed by atoms with Crippen LogP contribution in [-0.2, 0) is 13.0 Å². The zero-order chi connectivity index (χ0) is 20.6. The van der Waals surface area contributed by atoms with Crippen molar-refractivity contribution >= 4 is 16.8 Å². The molecule has 0 unspecified atom stereocenters. The summed E-state index contributed by atoms with van der Waals surface area (Å²) in [7, 11) is 0. The molecule has 0 saturated heterocycles. The summed E-state index contributed by atoms with van der Waals surface area (Å²) in [6.07, 6.45) is 4.94. The van der Waals surface area contributed by atoms with Crippen LogP contribution >= 0.6 is 0 Å². The van der Waals surface area contributed by atoms with Gasteiger partial charge in [-0.1, -0.05) is 84.9 Å². The second-order valence-electron chi connectivity index (χ2n) is 7.25. The molecule has 0 aliphatic rings. The Kier molecular flexibility index (Phi) is 6.46. The number of allylic oxidation sites excluding steroid dienone is 1. The first-order valence-electron chi connectivity index (χ1n) is 10.4. The molecule has 4 aromatic rings. The van der Waals surface area contributed by atoms with Gasteiger partial charge in [0, 0.05) is 18.1 Å². The van der Waals surface area contributed by atoms with E-state index in [-0.39, 0.29) is 0 Å². The molecule has 0 fully saturated rings. The average Bonchev–Trinajstić information content (AvgIpc) is 2.80. The van der Waals surface area contributed by atoms with Crippen LogP contribution in [0, 0.1) is 0 Å². The Labute approximate surface area is 178 Å². The third kappa shape index (κ3) is 5.09. The molecular weight excluding hydrogens is 368 g/mol. The highest BCUT2D eigenvalue weighted by Crippen LogP contribution is 2.27. The summed E-state index contributed by atoms with van der Waals surface area (Å²) >= 11 is 0. The number of hydrogen-bond acceptors (Lipinski definition) is 2. The SMILES string of the molecule is C/C=C/c1ccc(OCc2ccccc2)cc1OCCc1ccc2ccccc2c1. The van der Waals surface area contributed by atoms with Crippen molar-refractivity contribution in [1.82, 2.24) is 0 Å². The van der Waals surface area contributed by atoms with Crippen LogP contribution in [-0.4, -0.2) is 6.61 Å². The van der Waals surface area contributed by atoms with E-state index in [1.807, 2.05) is 49.4 Å². The molecule has 0 aliphatic carbocycles. The second kappa shape index (κ2) is 9.80. The number of fused-ring (bicyclic) bond motifs is 1. The van der Waals surface area contributed by atoms with E-state index in [1.54, 1.807) is 0 Å². The summed E-state index contributed by atoms with van der Waals surface area (Å²) in [5.74, 6) is 1.66. The number of ether oxygens (including phenoxy) is 2. The molecular formula is C28H26O2. The minimum atomic E-state index is 0.542. The lowest BCUT2D eigenvalue weighted by atomic mass is 10.1. The first-order valence-corrected chi connectivity index (χ1v) is 10.4. The van der Waals surface area contributed by atoms with E-state index in [0.717, 1.165) is 29.0 Å². The van der Waals surface area contributed by atoms with E-state index in [4.69, 9.17) is 9.47 Å². The van der Waals surface area contributed by atoms with E-state index in [9.17, 15) is 0 Å². The zero-order valence-corrected chi connectivity index (χ0v) is 17.3. The van der Waals surface area contributed by atoms with Gasteiger partial charge in [0.15, 0.2) is 0 Å². The minimum Gasteiger partial charge on any atom is -0.492 e. The largest absolute Gasteiger partial charge is 0.492 e. The maximum absolute atomic E-state index is 6.17. The summed E-state index contributed by atoms with van der Waals surface area (Å²) in [5, 5.41) is 2.53. The molecule has 0 aliphatic heterocycles. The smallest absolute Gasteiger partial charge is 0.130 e. The Morgan fingerprint density at radius 2 is 1.50 bits per heavy atom. The van der Waals surface area contributed by atoms with Crippen molar-refractivity contribution in [3.8, 4) is 11.5 Å². The fraction of sp³-hybridized carbons (Fsp3) is 0.143. The Bertz CT molecular complexity index is 1130. The van der Waals surface area contributed by atoms with Crippen LogP contribution in [0.3, 0.4) is 0 Å². The summed E-state index contributed by atoms with van der Waals surface area (Å²) in [5.41, 5.74) is 3.48. The molecule has 0 N–H and O–H groups in total. The van der Waals surface area contributed by atoms with Crippen molar-refractivity contribution in [3.63, 3.8) is 0 Å². The van der Waals surface area contributed by atoms with Gasteiger partial charge in [0.1, 0.15) is 18.1 Å². The lowest BCUT2D eigenvalue weighted by molar-refractivity contribution is 0.296. The van der Waals surface area contributed by atoms with E-state index in [0.29, 0.717) is 13.2 Å². The van der Waals surface area contributed by atoms with Gasteiger partial charge in [0.2, 0.25) is 0 Å². The second-order valence-corrected chi connectivity index (χ2v) is 7.25. The lowest BCUT2D eigenvalue weighted by Gasteiger charge is -2.13. The van der Waals surface area contributed by atoms with Crippen molar-refractivity contribution in [2.45, 2.75) is 20.0 Å². The predicted molar refractivity (Wildman–Crippen MR) is 125 cm³/mol. The first kappa shape index (κ1) is 19.8. The van der Waals surface area contributed by atoms with Gasteiger partial charge < -0.3 is 9.47 Å². The summed E-state index contributed by atoms with van der Waals surface area (Å²) in [6.45, 7) is 3.17. The van der Waals surface area contributed by atoms with Crippen LogP contribution in [0.5, 0.6) is 11.5 Å². The Hall–Kier alpha value is -3.52. The molecule has 4 rings (SSSR count). The van der Waals surface area contributed by atoms with Crippen molar-refractivity contribution < 1.29 is 9.47 Å². The highest BCUT2D eigenvalue weighted by atomic mass is 16.5. The van der Waals surface area contributed by atoms with Crippen LogP contribution in [0.15, 0.2) is 97.1 Å². The topological polar surface area (TPSA) is 18.5 Å². The number of hydrogen-bond donors (Lipinski definition) is 0. The van der Waals surface area contributed by atoms with Crippen molar-refractivity contribution in [2.75, 3.05) is 6.61 Å². The van der Waals surface area contributed by atoms with Crippen molar-refractivity contribution in [3.05, 3.63) is 114 Å². The predicted octanol–water partition coefficient (Wildman–Crippen LogP) is 7.07. The molecule has 0 aromatic heterocycles. The molecule has 150 valence electrons. The molecule has 0 spiro atoms. The fourth-order valence-corrected chi connectivity index (χ4v) is 3.46. The molecule has 0 bridgehead atoms. The van der Waals surface area contributed by atoms with Crippen LogP contribution in [0.1, 0.15) is 23.6 Å². The molecule has 2 heteroatoms. The number of rotatable bonds is 8. The highest BCUT2D eigenvalue weighted by molar-refractivity contribution is 5.83. The van der Waals surface area contributed by atoms with E-state index >= 15 is 0 Å². The maximum Gasteiger partial charge on any atom is 0.130 e. The molecule has 30 heavy (non-hydrogen) atoms. The fourth-order valence-electron chi connectivity index (χ4n) is 3.46. The van der Waals surface area contributed by atoms with Crippen LogP contribution in [0.2, 0.25) is 0 Å². The van der Waals surface area contributed by atoms with Crippen LogP contribution in [0.25, 0.3) is 16.8 Å². The Morgan fingerprint density at radius 3 is 2.33 bits per heavy atom. The van der Waals surface area contributed by atoms with Gasteiger partial charge in [0.25, 0.3) is 0 Å². The normalized spacial score (nSPS) is 11.1. The van der Waals surface area contributed by atoms with Crippen molar-refractivity contribution in [1.29, 1.82) is 0 Å². The lowest BCUT2D eigenvalue weighted by Crippen LogP contribution is -2.03. The van der Waals surface area contributed by atoms with Gasteiger partial charge in [-0.2, -0.15) is 0 Å². The third-order valence-corrected chi connectivity index (χ3v) is 5.04. The van der Waals surface area contributed by atoms with Crippen LogP contribution in [0.4, 0.5) is 0 Å². The van der Waals surface area contributed by atoms with Gasteiger partial charge in [0.05, 0.1) is 6.61 Å². The number of benzene rings is 4. The molecule has 0 amide bonds. The molecule has 0 saturated carbocycles. The Morgan fingerprint density at radius 1 is 0.700 bits per heavy atom. The summed E-state index contributed by atoms with van der Waals surface area (Å²) in [4.78, 5) is 0. The molecule has 0 heterocycles. The van der Waals surface area contributed by atoms with Gasteiger partial charge >= 0.3 is 0 Å².